The number of hydrogen-bond donors (Lipinski definition) is 2. The second-order valence-electron chi connectivity index (χ2n) is 11.4. The highest BCUT2D eigenvalue weighted by Gasteiger charge is 2.24. The number of carbonyl (C=O) groups is 2. The Kier molecular flexibility index (Phi) is 11.6. The number of nitriles is 2. The van der Waals surface area contributed by atoms with E-state index in [0.29, 0.717) is 40.7 Å². The number of pyridine rings is 1. The van der Waals surface area contributed by atoms with Gasteiger partial charge in [0.05, 0.1) is 11.1 Å². The number of alkyl carbamates (subject to hydrolysis) is 1. The van der Waals surface area contributed by atoms with Crippen molar-refractivity contribution in [3.8, 4) is 12.1 Å². The standard InChI is InChI=1S/C31H41N7O3S/c1-7-24-25(17-32)27(38-14-8-13-37(6)15-16-38)36-29(26(24)18-33)42-20-23-11-9-22(10-12-23)19-34-28(39)21(2)35-30(40)41-31(3,4)5/h9-12,21H,7-8,13-16,19-20H2,1-6H3,(H,34,39)(H,35,40)/t21-/m1/s1. The maximum Gasteiger partial charge on any atom is 0.408 e. The number of aromatic nitrogens is 1. The Bertz CT molecular complexity index is 1340. The monoisotopic (exact) mass is 591 g/mol. The molecule has 2 heterocycles. The first-order valence-electron chi connectivity index (χ1n) is 14.2. The highest BCUT2D eigenvalue weighted by atomic mass is 32.2. The quantitative estimate of drug-likeness (QED) is 0.408. The van der Waals surface area contributed by atoms with Crippen molar-refractivity contribution in [2.24, 2.45) is 0 Å². The molecule has 224 valence electrons. The molecule has 1 fully saturated rings. The van der Waals surface area contributed by atoms with E-state index in [9.17, 15) is 20.1 Å². The highest BCUT2D eigenvalue weighted by Crippen LogP contribution is 2.33. The van der Waals surface area contributed by atoms with Gasteiger partial charge in [0.1, 0.15) is 34.6 Å². The van der Waals surface area contributed by atoms with E-state index in [0.717, 1.165) is 49.3 Å². The summed E-state index contributed by atoms with van der Waals surface area (Å²) in [5.74, 6) is 0.963. The van der Waals surface area contributed by atoms with E-state index in [2.05, 4.69) is 39.6 Å². The Morgan fingerprint density at radius 3 is 2.36 bits per heavy atom. The third kappa shape index (κ3) is 9.10. The van der Waals surface area contributed by atoms with E-state index in [1.54, 1.807) is 27.7 Å². The van der Waals surface area contributed by atoms with Gasteiger partial charge in [-0.3, -0.25) is 4.79 Å². The molecule has 0 saturated carbocycles. The van der Waals surface area contributed by atoms with Crippen LogP contribution in [0.2, 0.25) is 0 Å². The van der Waals surface area contributed by atoms with Crippen molar-refractivity contribution in [1.82, 2.24) is 20.5 Å². The van der Waals surface area contributed by atoms with Gasteiger partial charge in [-0.1, -0.05) is 31.2 Å². The first kappa shape index (κ1) is 32.7. The number of carbonyl (C=O) groups excluding carboxylic acids is 2. The highest BCUT2D eigenvalue weighted by molar-refractivity contribution is 7.98. The molecule has 0 spiro atoms. The van der Waals surface area contributed by atoms with Crippen LogP contribution in [0.15, 0.2) is 29.3 Å². The fourth-order valence-electron chi connectivity index (χ4n) is 4.57. The van der Waals surface area contributed by atoms with Crippen LogP contribution in [-0.2, 0) is 28.2 Å². The fraction of sp³-hybridized carbons (Fsp3) is 0.516. The smallest absolute Gasteiger partial charge is 0.408 e. The number of benzene rings is 1. The largest absolute Gasteiger partial charge is 0.444 e. The van der Waals surface area contributed by atoms with Crippen molar-refractivity contribution in [1.29, 1.82) is 10.5 Å². The van der Waals surface area contributed by atoms with Crippen molar-refractivity contribution in [3.05, 3.63) is 52.1 Å². The second-order valence-corrected chi connectivity index (χ2v) is 12.3. The summed E-state index contributed by atoms with van der Waals surface area (Å²) in [4.78, 5) is 33.7. The number of amides is 2. The average molecular weight is 592 g/mol. The van der Waals surface area contributed by atoms with Gasteiger partial charge in [0, 0.05) is 31.9 Å². The molecule has 1 atom stereocenters. The van der Waals surface area contributed by atoms with Gasteiger partial charge in [0.25, 0.3) is 0 Å². The van der Waals surface area contributed by atoms with E-state index in [-0.39, 0.29) is 5.91 Å². The summed E-state index contributed by atoms with van der Waals surface area (Å²) >= 11 is 1.49. The van der Waals surface area contributed by atoms with Gasteiger partial charge in [-0.05, 0) is 70.8 Å². The molecule has 1 aliphatic heterocycles. The van der Waals surface area contributed by atoms with Crippen LogP contribution in [0.25, 0.3) is 0 Å². The van der Waals surface area contributed by atoms with Crippen molar-refractivity contribution in [3.63, 3.8) is 0 Å². The summed E-state index contributed by atoms with van der Waals surface area (Å²) in [6.07, 6.45) is 0.925. The van der Waals surface area contributed by atoms with Crippen LogP contribution in [0.5, 0.6) is 0 Å². The van der Waals surface area contributed by atoms with Crippen molar-refractivity contribution in [2.75, 3.05) is 38.1 Å². The summed E-state index contributed by atoms with van der Waals surface area (Å²) < 4.78 is 5.20. The lowest BCUT2D eigenvalue weighted by Gasteiger charge is -2.25. The first-order chi connectivity index (χ1) is 19.9. The minimum absolute atomic E-state index is 0.310. The van der Waals surface area contributed by atoms with Crippen LogP contribution in [-0.4, -0.2) is 66.8 Å². The number of nitrogens with zero attached hydrogens (tertiary/aromatic N) is 5. The van der Waals surface area contributed by atoms with Gasteiger partial charge in [-0.25, -0.2) is 9.78 Å². The molecule has 3 rings (SSSR count). The van der Waals surface area contributed by atoms with E-state index >= 15 is 0 Å². The molecular formula is C31H41N7O3S. The third-order valence-corrected chi connectivity index (χ3v) is 7.88. The van der Waals surface area contributed by atoms with E-state index in [1.165, 1.54) is 11.8 Å². The molecule has 2 N–H and O–H groups in total. The van der Waals surface area contributed by atoms with E-state index < -0.39 is 17.7 Å². The van der Waals surface area contributed by atoms with Gasteiger partial charge < -0.3 is 25.2 Å². The van der Waals surface area contributed by atoms with Gasteiger partial charge >= 0.3 is 6.09 Å². The van der Waals surface area contributed by atoms with Crippen LogP contribution in [0, 0.1) is 22.7 Å². The molecular weight excluding hydrogens is 550 g/mol. The number of nitrogens with one attached hydrogen (secondary N) is 2. The van der Waals surface area contributed by atoms with Gasteiger partial charge in [0.2, 0.25) is 5.91 Å². The Morgan fingerprint density at radius 2 is 1.74 bits per heavy atom. The number of likely N-dealkylation sites (N-methyl/N-ethyl adjacent to an activating group) is 1. The zero-order valence-electron chi connectivity index (χ0n) is 25.4. The Balaban J connectivity index is 1.66. The molecule has 2 amide bonds. The Morgan fingerprint density at radius 1 is 1.07 bits per heavy atom. The summed E-state index contributed by atoms with van der Waals surface area (Å²) in [6, 6.07) is 11.8. The van der Waals surface area contributed by atoms with Crippen LogP contribution < -0.4 is 15.5 Å². The minimum atomic E-state index is -0.738. The summed E-state index contributed by atoms with van der Waals surface area (Å²) in [7, 11) is 2.10. The summed E-state index contributed by atoms with van der Waals surface area (Å²) in [5.41, 5.74) is 3.05. The van der Waals surface area contributed by atoms with Crippen LogP contribution >= 0.6 is 11.8 Å². The molecule has 42 heavy (non-hydrogen) atoms. The molecule has 11 heteroatoms. The fourth-order valence-corrected chi connectivity index (χ4v) is 5.53. The topological polar surface area (TPSA) is 134 Å². The lowest BCUT2D eigenvalue weighted by Crippen LogP contribution is -2.46. The minimum Gasteiger partial charge on any atom is -0.444 e. The van der Waals surface area contributed by atoms with Crippen LogP contribution in [0.1, 0.15) is 68.9 Å². The zero-order valence-corrected chi connectivity index (χ0v) is 26.2. The molecule has 2 aromatic rings. The van der Waals surface area contributed by atoms with Gasteiger partial charge in [-0.2, -0.15) is 10.5 Å². The average Bonchev–Trinajstić information content (AvgIpc) is 3.17. The lowest BCUT2D eigenvalue weighted by molar-refractivity contribution is -0.122. The Hall–Kier alpha value is -3.80. The van der Waals surface area contributed by atoms with Gasteiger partial charge in [0.15, 0.2) is 0 Å². The summed E-state index contributed by atoms with van der Waals surface area (Å²) in [5, 5.41) is 26.0. The van der Waals surface area contributed by atoms with Crippen LogP contribution in [0.3, 0.4) is 0 Å². The predicted molar refractivity (Wildman–Crippen MR) is 164 cm³/mol. The number of ether oxygens (including phenoxy) is 1. The third-order valence-electron chi connectivity index (χ3n) is 6.84. The SMILES string of the molecule is CCc1c(C#N)c(SCc2ccc(CNC(=O)[C@@H](C)NC(=O)OC(C)(C)C)cc2)nc(N2CCCN(C)CC2)c1C#N. The molecule has 10 nitrogen and oxygen atoms in total. The molecule has 1 aromatic heterocycles. The van der Waals surface area contributed by atoms with E-state index in [4.69, 9.17) is 9.72 Å². The Labute approximate surface area is 253 Å². The van der Waals surface area contributed by atoms with Crippen molar-refractivity contribution < 1.29 is 14.3 Å². The molecule has 0 aliphatic carbocycles. The molecule has 0 unspecified atom stereocenters. The first-order valence-corrected chi connectivity index (χ1v) is 15.2. The van der Waals surface area contributed by atoms with Crippen molar-refractivity contribution in [2.45, 2.75) is 76.4 Å². The number of rotatable bonds is 9. The lowest BCUT2D eigenvalue weighted by atomic mass is 10.0. The molecule has 1 saturated heterocycles. The molecule has 1 aliphatic rings. The number of anilines is 1. The second kappa shape index (κ2) is 14.9. The molecule has 1 aromatic carbocycles. The van der Waals surface area contributed by atoms with Crippen LogP contribution in [0.4, 0.5) is 10.6 Å². The van der Waals surface area contributed by atoms with Gasteiger partial charge in [-0.15, -0.1) is 11.8 Å². The number of hydrogen-bond acceptors (Lipinski definition) is 9. The maximum atomic E-state index is 12.4. The normalized spacial score (nSPS) is 14.7. The summed E-state index contributed by atoms with van der Waals surface area (Å²) in [6.45, 7) is 12.7. The molecule has 0 bridgehead atoms. The van der Waals surface area contributed by atoms with E-state index in [1.807, 2.05) is 31.2 Å². The van der Waals surface area contributed by atoms with Crippen molar-refractivity contribution >= 4 is 29.6 Å². The zero-order chi connectivity index (χ0) is 30.9. The maximum absolute atomic E-state index is 12.4. The number of thioether (sulfide) groups is 1. The predicted octanol–water partition coefficient (Wildman–Crippen LogP) is 4.35. The molecule has 0 radical (unpaired) electrons.